The Bertz CT molecular complexity index is 303. The van der Waals surface area contributed by atoms with Gasteiger partial charge in [-0.2, -0.15) is 0 Å². The Kier molecular flexibility index (Phi) is 3.84. The lowest BCUT2D eigenvalue weighted by Gasteiger charge is -2.10. The molecule has 1 aromatic carbocycles. The number of Topliss-reactive ketones (excluding diaryl/α,β-unsaturated/α-hetero) is 1. The minimum atomic E-state index is -0.449. The normalized spacial score (nSPS) is 12.5. The zero-order valence-corrected chi connectivity index (χ0v) is 8.79. The van der Waals surface area contributed by atoms with Crippen LogP contribution in [0.15, 0.2) is 24.3 Å². The van der Waals surface area contributed by atoms with Crippen LogP contribution in [-0.4, -0.2) is 5.78 Å². The van der Waals surface area contributed by atoms with Crippen LogP contribution in [0.2, 0.25) is 0 Å². The van der Waals surface area contributed by atoms with Crippen molar-refractivity contribution in [2.45, 2.75) is 32.7 Å². The molecule has 14 heavy (non-hydrogen) atoms. The molecule has 1 atom stereocenters. The molecule has 1 aromatic rings. The fourth-order valence-corrected chi connectivity index (χ4v) is 1.36. The lowest BCUT2D eigenvalue weighted by molar-refractivity contribution is -0.120. The second-order valence-corrected chi connectivity index (χ2v) is 3.60. The van der Waals surface area contributed by atoms with E-state index in [1.807, 2.05) is 38.1 Å². The van der Waals surface area contributed by atoms with Crippen LogP contribution in [0.4, 0.5) is 0 Å². The maximum atomic E-state index is 11.5. The molecule has 1 rings (SSSR count). The second-order valence-electron chi connectivity index (χ2n) is 3.60. The van der Waals surface area contributed by atoms with Crippen molar-refractivity contribution < 1.29 is 4.79 Å². The van der Waals surface area contributed by atoms with Gasteiger partial charge in [-0.1, -0.05) is 36.8 Å². The van der Waals surface area contributed by atoms with Crippen molar-refractivity contribution in [1.29, 1.82) is 0 Å². The zero-order chi connectivity index (χ0) is 10.6. The Morgan fingerprint density at radius 1 is 1.36 bits per heavy atom. The van der Waals surface area contributed by atoms with Crippen LogP contribution < -0.4 is 5.73 Å². The number of rotatable bonds is 4. The van der Waals surface area contributed by atoms with E-state index in [9.17, 15) is 4.79 Å². The predicted octanol–water partition coefficient (Wildman–Crippen LogP) is 2.36. The molecule has 0 aliphatic carbocycles. The first-order valence-corrected chi connectivity index (χ1v) is 5.00. The zero-order valence-electron chi connectivity index (χ0n) is 8.79. The van der Waals surface area contributed by atoms with Gasteiger partial charge in [0.1, 0.15) is 0 Å². The van der Waals surface area contributed by atoms with Gasteiger partial charge < -0.3 is 5.73 Å². The average molecular weight is 191 g/mol. The molecule has 0 fully saturated rings. The van der Waals surface area contributed by atoms with Crippen LogP contribution in [-0.2, 0) is 4.79 Å². The van der Waals surface area contributed by atoms with Crippen molar-refractivity contribution in [3.8, 4) is 0 Å². The number of nitrogens with two attached hydrogens (primary N) is 1. The molecule has 0 bridgehead atoms. The highest BCUT2D eigenvalue weighted by atomic mass is 16.1. The molecule has 0 heterocycles. The second kappa shape index (κ2) is 4.91. The van der Waals surface area contributed by atoms with Crippen LogP contribution in [0, 0.1) is 6.92 Å². The summed E-state index contributed by atoms with van der Waals surface area (Å²) in [5.41, 5.74) is 7.92. The SMILES string of the molecule is CCCC(=O)C(N)c1ccc(C)cc1. The van der Waals surface area contributed by atoms with E-state index >= 15 is 0 Å². The van der Waals surface area contributed by atoms with Crippen molar-refractivity contribution in [3.05, 3.63) is 35.4 Å². The van der Waals surface area contributed by atoms with E-state index < -0.39 is 6.04 Å². The summed E-state index contributed by atoms with van der Waals surface area (Å²) in [6.45, 7) is 4.00. The molecule has 0 spiro atoms. The molecule has 0 radical (unpaired) electrons. The molecule has 0 aliphatic rings. The third-order valence-electron chi connectivity index (χ3n) is 2.28. The van der Waals surface area contributed by atoms with Gasteiger partial charge in [0.2, 0.25) is 0 Å². The quantitative estimate of drug-likeness (QED) is 0.794. The fourth-order valence-electron chi connectivity index (χ4n) is 1.36. The highest BCUT2D eigenvalue weighted by molar-refractivity contribution is 5.84. The number of hydrogen-bond acceptors (Lipinski definition) is 2. The van der Waals surface area contributed by atoms with E-state index in [2.05, 4.69) is 0 Å². The molecule has 0 saturated heterocycles. The van der Waals surface area contributed by atoms with E-state index in [0.29, 0.717) is 6.42 Å². The van der Waals surface area contributed by atoms with Crippen LogP contribution in [0.25, 0.3) is 0 Å². The third-order valence-corrected chi connectivity index (χ3v) is 2.28. The Morgan fingerprint density at radius 3 is 2.43 bits per heavy atom. The summed E-state index contributed by atoms with van der Waals surface area (Å²) in [6.07, 6.45) is 1.42. The summed E-state index contributed by atoms with van der Waals surface area (Å²) < 4.78 is 0. The fraction of sp³-hybridized carbons (Fsp3) is 0.417. The summed E-state index contributed by atoms with van der Waals surface area (Å²) in [6, 6.07) is 7.36. The van der Waals surface area contributed by atoms with Crippen molar-refractivity contribution in [3.63, 3.8) is 0 Å². The molecule has 0 aromatic heterocycles. The summed E-state index contributed by atoms with van der Waals surface area (Å²) >= 11 is 0. The molecule has 2 N–H and O–H groups in total. The maximum absolute atomic E-state index is 11.5. The van der Waals surface area contributed by atoms with Crippen molar-refractivity contribution in [2.75, 3.05) is 0 Å². The van der Waals surface area contributed by atoms with Crippen LogP contribution >= 0.6 is 0 Å². The largest absolute Gasteiger partial charge is 0.318 e. The van der Waals surface area contributed by atoms with Gasteiger partial charge in [0, 0.05) is 6.42 Å². The molecule has 0 saturated carbocycles. The monoisotopic (exact) mass is 191 g/mol. The molecule has 1 unspecified atom stereocenters. The number of hydrogen-bond donors (Lipinski definition) is 1. The Labute approximate surface area is 85.1 Å². The molecule has 76 valence electrons. The van der Waals surface area contributed by atoms with Crippen molar-refractivity contribution >= 4 is 5.78 Å². The summed E-state index contributed by atoms with van der Waals surface area (Å²) in [5.74, 6) is 0.122. The first-order chi connectivity index (χ1) is 6.65. The first-order valence-electron chi connectivity index (χ1n) is 5.00. The van der Waals surface area contributed by atoms with Gasteiger partial charge in [0.15, 0.2) is 5.78 Å². The van der Waals surface area contributed by atoms with Gasteiger partial charge in [0.25, 0.3) is 0 Å². The van der Waals surface area contributed by atoms with Crippen LogP contribution in [0.3, 0.4) is 0 Å². The van der Waals surface area contributed by atoms with E-state index in [1.54, 1.807) is 0 Å². The number of ketones is 1. The van der Waals surface area contributed by atoms with Crippen molar-refractivity contribution in [1.82, 2.24) is 0 Å². The smallest absolute Gasteiger partial charge is 0.154 e. The maximum Gasteiger partial charge on any atom is 0.154 e. The highest BCUT2D eigenvalue weighted by Crippen LogP contribution is 2.14. The summed E-state index contributed by atoms with van der Waals surface area (Å²) in [7, 11) is 0. The lowest BCUT2D eigenvalue weighted by atomic mass is 10.00. The van der Waals surface area contributed by atoms with Gasteiger partial charge in [-0.05, 0) is 18.9 Å². The average Bonchev–Trinajstić information content (AvgIpc) is 2.18. The number of aryl methyl sites for hydroxylation is 1. The van der Waals surface area contributed by atoms with Gasteiger partial charge in [0.05, 0.1) is 6.04 Å². The van der Waals surface area contributed by atoms with Crippen molar-refractivity contribution in [2.24, 2.45) is 5.73 Å². The van der Waals surface area contributed by atoms with E-state index in [-0.39, 0.29) is 5.78 Å². The molecular formula is C12H17NO. The Morgan fingerprint density at radius 2 is 1.93 bits per heavy atom. The van der Waals surface area contributed by atoms with E-state index in [4.69, 9.17) is 5.73 Å². The van der Waals surface area contributed by atoms with Gasteiger partial charge in [-0.25, -0.2) is 0 Å². The standard InChI is InChI=1S/C12H17NO/c1-3-4-11(14)12(13)10-7-5-9(2)6-8-10/h5-8,12H,3-4,13H2,1-2H3. The minimum absolute atomic E-state index is 0.122. The highest BCUT2D eigenvalue weighted by Gasteiger charge is 2.13. The van der Waals surface area contributed by atoms with Crippen LogP contribution in [0.1, 0.15) is 36.9 Å². The van der Waals surface area contributed by atoms with Gasteiger partial charge in [-0.3, -0.25) is 4.79 Å². The number of carbonyl (C=O) groups excluding carboxylic acids is 1. The summed E-state index contributed by atoms with van der Waals surface area (Å²) in [4.78, 5) is 11.5. The topological polar surface area (TPSA) is 43.1 Å². The third kappa shape index (κ3) is 2.67. The number of benzene rings is 1. The Hall–Kier alpha value is -1.15. The Balaban J connectivity index is 2.73. The molecular weight excluding hydrogens is 174 g/mol. The molecule has 2 heteroatoms. The summed E-state index contributed by atoms with van der Waals surface area (Å²) in [5, 5.41) is 0. The first kappa shape index (κ1) is 10.9. The van der Waals surface area contributed by atoms with Gasteiger partial charge in [-0.15, -0.1) is 0 Å². The van der Waals surface area contributed by atoms with Gasteiger partial charge >= 0.3 is 0 Å². The molecule has 2 nitrogen and oxygen atoms in total. The molecule has 0 amide bonds. The van der Waals surface area contributed by atoms with E-state index in [1.165, 1.54) is 5.56 Å². The minimum Gasteiger partial charge on any atom is -0.318 e. The van der Waals surface area contributed by atoms with Crippen LogP contribution in [0.5, 0.6) is 0 Å². The predicted molar refractivity (Wildman–Crippen MR) is 58.0 cm³/mol. The van der Waals surface area contributed by atoms with E-state index in [0.717, 1.165) is 12.0 Å². The number of carbonyl (C=O) groups is 1. The lowest BCUT2D eigenvalue weighted by Crippen LogP contribution is -2.20. The molecule has 0 aliphatic heterocycles.